The van der Waals surface area contributed by atoms with Crippen molar-refractivity contribution in [1.82, 2.24) is 14.8 Å². The summed E-state index contributed by atoms with van der Waals surface area (Å²) in [4.78, 5) is 9.51. The first-order valence-corrected chi connectivity index (χ1v) is 6.53. The molecular formula is C14H23N3. The molecule has 0 N–H and O–H groups in total. The smallest absolute Gasteiger partial charge is 0.0544 e. The number of aromatic nitrogens is 1. The third-order valence-corrected chi connectivity index (χ3v) is 3.50. The van der Waals surface area contributed by atoms with Crippen LogP contribution in [0, 0.1) is 6.92 Å². The van der Waals surface area contributed by atoms with E-state index in [9.17, 15) is 0 Å². The normalized spacial score (nSPS) is 18.8. The molecule has 1 aromatic heterocycles. The highest BCUT2D eigenvalue weighted by Crippen LogP contribution is 2.09. The van der Waals surface area contributed by atoms with Crippen LogP contribution in [0.3, 0.4) is 0 Å². The van der Waals surface area contributed by atoms with E-state index in [0.29, 0.717) is 6.04 Å². The lowest BCUT2D eigenvalue weighted by molar-refractivity contribution is 0.103. The average molecular weight is 233 g/mol. The molecule has 1 aliphatic rings. The Morgan fingerprint density at radius 2 is 1.88 bits per heavy atom. The van der Waals surface area contributed by atoms with Crippen LogP contribution in [0.2, 0.25) is 0 Å². The quantitative estimate of drug-likeness (QED) is 0.795. The number of hydrogen-bond donors (Lipinski definition) is 0. The minimum Gasteiger partial charge on any atom is -0.298 e. The van der Waals surface area contributed by atoms with E-state index in [1.807, 2.05) is 6.20 Å². The molecule has 0 spiro atoms. The Labute approximate surface area is 104 Å². The first-order valence-electron chi connectivity index (χ1n) is 6.53. The van der Waals surface area contributed by atoms with Crippen molar-refractivity contribution >= 4 is 0 Å². The maximum Gasteiger partial charge on any atom is 0.0544 e. The highest BCUT2D eigenvalue weighted by atomic mass is 15.3. The van der Waals surface area contributed by atoms with Gasteiger partial charge in [0.15, 0.2) is 0 Å². The van der Waals surface area contributed by atoms with E-state index in [2.05, 4.69) is 47.7 Å². The van der Waals surface area contributed by atoms with Crippen molar-refractivity contribution in [2.24, 2.45) is 0 Å². The monoisotopic (exact) mass is 233 g/mol. The Morgan fingerprint density at radius 3 is 2.41 bits per heavy atom. The number of nitrogens with zero attached hydrogens (tertiary/aromatic N) is 3. The van der Waals surface area contributed by atoms with Crippen LogP contribution in [0.5, 0.6) is 0 Å². The van der Waals surface area contributed by atoms with Gasteiger partial charge in [-0.15, -0.1) is 0 Å². The molecule has 0 amide bonds. The number of aryl methyl sites for hydroxylation is 1. The van der Waals surface area contributed by atoms with Crippen LogP contribution in [0.25, 0.3) is 0 Å². The van der Waals surface area contributed by atoms with Crippen molar-refractivity contribution in [2.45, 2.75) is 33.4 Å². The largest absolute Gasteiger partial charge is 0.298 e. The molecule has 0 aromatic carbocycles. The van der Waals surface area contributed by atoms with Gasteiger partial charge in [-0.05, 0) is 32.4 Å². The number of hydrogen-bond acceptors (Lipinski definition) is 3. The molecule has 0 bridgehead atoms. The summed E-state index contributed by atoms with van der Waals surface area (Å²) in [7, 11) is 0. The van der Waals surface area contributed by atoms with E-state index >= 15 is 0 Å². The van der Waals surface area contributed by atoms with E-state index in [4.69, 9.17) is 0 Å². The summed E-state index contributed by atoms with van der Waals surface area (Å²) in [6, 6.07) is 4.96. The minimum absolute atomic E-state index is 0.676. The third kappa shape index (κ3) is 3.51. The van der Waals surface area contributed by atoms with Crippen molar-refractivity contribution < 1.29 is 0 Å². The zero-order chi connectivity index (χ0) is 12.3. The van der Waals surface area contributed by atoms with Gasteiger partial charge in [-0.1, -0.05) is 6.07 Å². The number of pyridine rings is 1. The topological polar surface area (TPSA) is 19.4 Å². The van der Waals surface area contributed by atoms with E-state index in [0.717, 1.165) is 19.6 Å². The summed E-state index contributed by atoms with van der Waals surface area (Å²) in [6.45, 7) is 12.3. The standard InChI is InChI=1S/C14H23N3/c1-12(2)17-8-6-16(7-9-17)11-14-5-4-13(3)10-15-14/h4-5,10,12H,6-9,11H2,1-3H3. The molecule has 2 rings (SSSR count). The van der Waals surface area contributed by atoms with Crippen molar-refractivity contribution in [2.75, 3.05) is 26.2 Å². The van der Waals surface area contributed by atoms with E-state index in [1.165, 1.54) is 24.3 Å². The highest BCUT2D eigenvalue weighted by molar-refractivity contribution is 5.12. The summed E-state index contributed by atoms with van der Waals surface area (Å²) in [5.41, 5.74) is 2.42. The van der Waals surface area contributed by atoms with Crippen molar-refractivity contribution in [3.05, 3.63) is 29.6 Å². The molecule has 0 saturated carbocycles. The number of rotatable bonds is 3. The fourth-order valence-electron chi connectivity index (χ4n) is 2.26. The van der Waals surface area contributed by atoms with Gasteiger partial charge in [0.05, 0.1) is 5.69 Å². The average Bonchev–Trinajstić information content (AvgIpc) is 2.33. The second-order valence-corrected chi connectivity index (χ2v) is 5.23. The molecule has 0 unspecified atom stereocenters. The maximum atomic E-state index is 4.47. The Kier molecular flexibility index (Phi) is 4.13. The Morgan fingerprint density at radius 1 is 1.18 bits per heavy atom. The van der Waals surface area contributed by atoms with E-state index in [-0.39, 0.29) is 0 Å². The highest BCUT2D eigenvalue weighted by Gasteiger charge is 2.18. The molecule has 1 aromatic rings. The molecule has 0 aliphatic carbocycles. The second kappa shape index (κ2) is 5.61. The van der Waals surface area contributed by atoms with Crippen LogP contribution < -0.4 is 0 Å². The van der Waals surface area contributed by atoms with Gasteiger partial charge in [-0.25, -0.2) is 0 Å². The van der Waals surface area contributed by atoms with Gasteiger partial charge < -0.3 is 0 Å². The van der Waals surface area contributed by atoms with Crippen LogP contribution in [0.15, 0.2) is 18.3 Å². The fourth-order valence-corrected chi connectivity index (χ4v) is 2.26. The molecule has 2 heterocycles. The first kappa shape index (κ1) is 12.5. The molecule has 3 heteroatoms. The number of piperazine rings is 1. The summed E-state index contributed by atoms with van der Waals surface area (Å²) in [5, 5.41) is 0. The SMILES string of the molecule is Cc1ccc(CN2CCN(C(C)C)CC2)nc1. The zero-order valence-electron chi connectivity index (χ0n) is 11.2. The summed E-state index contributed by atoms with van der Waals surface area (Å²) in [5.74, 6) is 0. The summed E-state index contributed by atoms with van der Waals surface area (Å²) < 4.78 is 0. The molecule has 1 fully saturated rings. The first-order chi connectivity index (χ1) is 8.15. The molecule has 1 saturated heterocycles. The molecule has 1 aliphatic heterocycles. The lowest BCUT2D eigenvalue weighted by Gasteiger charge is -2.36. The molecule has 0 radical (unpaired) electrons. The Balaban J connectivity index is 1.84. The maximum absolute atomic E-state index is 4.47. The van der Waals surface area contributed by atoms with Gasteiger partial charge in [0.25, 0.3) is 0 Å². The van der Waals surface area contributed by atoms with E-state index in [1.54, 1.807) is 0 Å². The lowest BCUT2D eigenvalue weighted by Crippen LogP contribution is -2.48. The lowest BCUT2D eigenvalue weighted by atomic mass is 10.2. The van der Waals surface area contributed by atoms with Gasteiger partial charge in [-0.3, -0.25) is 14.8 Å². The van der Waals surface area contributed by atoms with Gasteiger partial charge in [0.1, 0.15) is 0 Å². The molecular weight excluding hydrogens is 210 g/mol. The minimum atomic E-state index is 0.676. The van der Waals surface area contributed by atoms with Crippen molar-refractivity contribution in [3.8, 4) is 0 Å². The van der Waals surface area contributed by atoms with Gasteiger partial charge >= 0.3 is 0 Å². The third-order valence-electron chi connectivity index (χ3n) is 3.50. The second-order valence-electron chi connectivity index (χ2n) is 5.23. The Hall–Kier alpha value is -0.930. The van der Waals surface area contributed by atoms with Crippen molar-refractivity contribution in [1.29, 1.82) is 0 Å². The molecule has 94 valence electrons. The van der Waals surface area contributed by atoms with Crippen molar-refractivity contribution in [3.63, 3.8) is 0 Å². The predicted octanol–water partition coefficient (Wildman–Crippen LogP) is 1.92. The molecule has 0 atom stereocenters. The van der Waals surface area contributed by atoms with Crippen LogP contribution in [-0.4, -0.2) is 47.0 Å². The van der Waals surface area contributed by atoms with Gasteiger partial charge in [0.2, 0.25) is 0 Å². The predicted molar refractivity (Wildman–Crippen MR) is 71.0 cm³/mol. The zero-order valence-corrected chi connectivity index (χ0v) is 11.2. The molecule has 17 heavy (non-hydrogen) atoms. The van der Waals surface area contributed by atoms with E-state index < -0.39 is 0 Å². The van der Waals surface area contributed by atoms with Gasteiger partial charge in [0, 0.05) is 45.0 Å². The van der Waals surface area contributed by atoms with Crippen LogP contribution in [-0.2, 0) is 6.54 Å². The van der Waals surface area contributed by atoms with Crippen LogP contribution >= 0.6 is 0 Å². The van der Waals surface area contributed by atoms with Crippen LogP contribution in [0.4, 0.5) is 0 Å². The molecule has 3 nitrogen and oxygen atoms in total. The van der Waals surface area contributed by atoms with Crippen LogP contribution in [0.1, 0.15) is 25.1 Å². The summed E-state index contributed by atoms with van der Waals surface area (Å²) in [6.07, 6.45) is 1.96. The fraction of sp³-hybridized carbons (Fsp3) is 0.643. The Bertz CT molecular complexity index is 337. The van der Waals surface area contributed by atoms with Gasteiger partial charge in [-0.2, -0.15) is 0 Å². The summed E-state index contributed by atoms with van der Waals surface area (Å²) >= 11 is 0.